The first-order valence-electron chi connectivity index (χ1n) is 7.73. The Morgan fingerprint density at radius 2 is 1.75 bits per heavy atom. The van der Waals surface area contributed by atoms with Crippen LogP contribution in [0.2, 0.25) is 0 Å². The largest absolute Gasteiger partial charge is 0.494 e. The van der Waals surface area contributed by atoms with Crippen LogP contribution in [-0.2, 0) is 7.05 Å². The van der Waals surface area contributed by atoms with Gasteiger partial charge in [-0.15, -0.1) is 0 Å². The van der Waals surface area contributed by atoms with Crippen molar-refractivity contribution in [2.24, 2.45) is 7.05 Å². The number of benzene rings is 2. The monoisotopic (exact) mass is 322 g/mol. The van der Waals surface area contributed by atoms with Crippen molar-refractivity contribution in [2.45, 2.75) is 6.92 Å². The fraction of sp³-hybridized carbons (Fsp3) is 0.211. The van der Waals surface area contributed by atoms with E-state index in [0.29, 0.717) is 5.75 Å². The van der Waals surface area contributed by atoms with Gasteiger partial charge in [-0.3, -0.25) is 4.79 Å². The fourth-order valence-corrected chi connectivity index (χ4v) is 3.57. The normalized spacial score (nSPS) is 11.5. The van der Waals surface area contributed by atoms with Crippen LogP contribution in [0, 0.1) is 6.92 Å². The number of aromatic amines is 1. The van der Waals surface area contributed by atoms with Crippen molar-refractivity contribution in [1.29, 1.82) is 0 Å². The van der Waals surface area contributed by atoms with Crippen LogP contribution in [0.25, 0.3) is 32.7 Å². The molecular formula is C19H18N2O3. The minimum atomic E-state index is -0.0699. The molecular weight excluding hydrogens is 304 g/mol. The van der Waals surface area contributed by atoms with Crippen LogP contribution in [0.15, 0.2) is 35.1 Å². The number of nitrogens with one attached hydrogen (secondary N) is 1. The zero-order valence-corrected chi connectivity index (χ0v) is 14.1. The molecule has 0 aliphatic rings. The minimum Gasteiger partial charge on any atom is -0.494 e. The molecule has 5 nitrogen and oxygen atoms in total. The molecule has 4 rings (SSSR count). The molecule has 0 saturated carbocycles. The van der Waals surface area contributed by atoms with Crippen molar-refractivity contribution >= 4 is 32.7 Å². The molecule has 2 heterocycles. The average Bonchev–Trinajstić information content (AvgIpc) is 2.96. The SMILES string of the molecule is COc1c2[nH]c3ccccc3c2c(OC)c2c1c(C)cc(=O)n2C. The van der Waals surface area contributed by atoms with Crippen molar-refractivity contribution < 1.29 is 9.47 Å². The van der Waals surface area contributed by atoms with Crippen molar-refractivity contribution in [2.75, 3.05) is 14.2 Å². The van der Waals surface area contributed by atoms with Crippen LogP contribution in [0.5, 0.6) is 11.5 Å². The first-order valence-corrected chi connectivity index (χ1v) is 7.73. The third-order valence-electron chi connectivity index (χ3n) is 4.65. The van der Waals surface area contributed by atoms with Gasteiger partial charge in [0, 0.05) is 29.4 Å². The number of hydrogen-bond donors (Lipinski definition) is 1. The van der Waals surface area contributed by atoms with E-state index in [0.717, 1.165) is 44.0 Å². The predicted octanol–water partition coefficient (Wildman–Crippen LogP) is 3.50. The standard InChI is InChI=1S/C19H18N2O3/c1-10-9-13(22)21(2)17-14(10)18(23-3)16-15(19(17)24-4)11-7-5-6-8-12(11)20-16/h5-9,20H,1-4H3. The highest BCUT2D eigenvalue weighted by Crippen LogP contribution is 2.45. The van der Waals surface area contributed by atoms with E-state index in [2.05, 4.69) is 4.98 Å². The van der Waals surface area contributed by atoms with Crippen LogP contribution >= 0.6 is 0 Å². The third-order valence-corrected chi connectivity index (χ3v) is 4.65. The first kappa shape index (κ1) is 14.6. The first-order chi connectivity index (χ1) is 11.6. The topological polar surface area (TPSA) is 56.2 Å². The van der Waals surface area contributed by atoms with Gasteiger partial charge in [0.1, 0.15) is 0 Å². The summed E-state index contributed by atoms with van der Waals surface area (Å²) in [5.74, 6) is 1.41. The van der Waals surface area contributed by atoms with E-state index in [1.165, 1.54) is 0 Å². The van der Waals surface area contributed by atoms with E-state index >= 15 is 0 Å². The zero-order chi connectivity index (χ0) is 17.0. The highest BCUT2D eigenvalue weighted by atomic mass is 16.5. The zero-order valence-electron chi connectivity index (χ0n) is 14.1. The number of para-hydroxylation sites is 1. The van der Waals surface area contributed by atoms with Gasteiger partial charge in [0.2, 0.25) is 0 Å². The molecule has 0 radical (unpaired) electrons. The molecule has 0 bridgehead atoms. The van der Waals surface area contributed by atoms with Gasteiger partial charge < -0.3 is 19.0 Å². The van der Waals surface area contributed by atoms with Crippen molar-refractivity contribution in [1.82, 2.24) is 9.55 Å². The summed E-state index contributed by atoms with van der Waals surface area (Å²) in [6.07, 6.45) is 0. The summed E-state index contributed by atoms with van der Waals surface area (Å²) in [6, 6.07) is 9.65. The lowest BCUT2D eigenvalue weighted by atomic mass is 10.0. The van der Waals surface area contributed by atoms with E-state index < -0.39 is 0 Å². The predicted molar refractivity (Wildman–Crippen MR) is 96.4 cm³/mol. The summed E-state index contributed by atoms with van der Waals surface area (Å²) in [7, 11) is 5.04. The summed E-state index contributed by atoms with van der Waals surface area (Å²) < 4.78 is 13.1. The van der Waals surface area contributed by atoms with E-state index in [-0.39, 0.29) is 5.56 Å². The molecule has 0 spiro atoms. The maximum absolute atomic E-state index is 12.3. The highest BCUT2D eigenvalue weighted by Gasteiger charge is 2.22. The summed E-state index contributed by atoms with van der Waals surface area (Å²) >= 11 is 0. The number of rotatable bonds is 2. The molecule has 0 aliphatic carbocycles. The van der Waals surface area contributed by atoms with Gasteiger partial charge in [0.25, 0.3) is 5.56 Å². The summed E-state index contributed by atoms with van der Waals surface area (Å²) in [5.41, 5.74) is 3.42. The molecule has 2 aromatic carbocycles. The Morgan fingerprint density at radius 3 is 2.46 bits per heavy atom. The molecule has 2 aromatic heterocycles. The highest BCUT2D eigenvalue weighted by molar-refractivity contribution is 6.20. The third kappa shape index (κ3) is 1.72. The number of nitrogens with zero attached hydrogens (tertiary/aromatic N) is 1. The van der Waals surface area contributed by atoms with Crippen molar-refractivity contribution in [3.8, 4) is 11.5 Å². The number of fused-ring (bicyclic) bond motifs is 4. The lowest BCUT2D eigenvalue weighted by molar-refractivity contribution is 0.415. The van der Waals surface area contributed by atoms with Crippen molar-refractivity contribution in [3.63, 3.8) is 0 Å². The number of pyridine rings is 1. The van der Waals surface area contributed by atoms with Crippen LogP contribution in [0.1, 0.15) is 5.56 Å². The number of H-pyrrole nitrogens is 1. The van der Waals surface area contributed by atoms with E-state index in [4.69, 9.17) is 9.47 Å². The van der Waals surface area contributed by atoms with Gasteiger partial charge in [-0.2, -0.15) is 0 Å². The lowest BCUT2D eigenvalue weighted by Gasteiger charge is -2.16. The second-order valence-electron chi connectivity index (χ2n) is 5.94. The van der Waals surface area contributed by atoms with E-state index in [1.807, 2.05) is 31.2 Å². The van der Waals surface area contributed by atoms with Gasteiger partial charge >= 0.3 is 0 Å². The Balaban J connectivity index is 2.44. The quantitative estimate of drug-likeness (QED) is 0.614. The molecule has 122 valence electrons. The van der Waals surface area contributed by atoms with E-state index in [9.17, 15) is 4.79 Å². The average molecular weight is 322 g/mol. The molecule has 5 heteroatoms. The lowest BCUT2D eigenvalue weighted by Crippen LogP contribution is -2.17. The molecule has 0 atom stereocenters. The summed E-state index contributed by atoms with van der Waals surface area (Å²) in [6.45, 7) is 1.92. The van der Waals surface area contributed by atoms with Gasteiger partial charge in [0.15, 0.2) is 11.5 Å². The molecule has 0 amide bonds. The van der Waals surface area contributed by atoms with Gasteiger partial charge in [-0.25, -0.2) is 0 Å². The van der Waals surface area contributed by atoms with Crippen LogP contribution in [0.4, 0.5) is 0 Å². The van der Waals surface area contributed by atoms with Crippen LogP contribution in [0.3, 0.4) is 0 Å². The minimum absolute atomic E-state index is 0.0699. The number of aryl methyl sites for hydroxylation is 2. The second-order valence-corrected chi connectivity index (χ2v) is 5.94. The second kappa shape index (κ2) is 5.03. The Bertz CT molecular complexity index is 1170. The summed E-state index contributed by atoms with van der Waals surface area (Å²) in [5, 5.41) is 2.85. The molecule has 4 aromatic rings. The van der Waals surface area contributed by atoms with Gasteiger partial charge in [-0.05, 0) is 18.6 Å². The Morgan fingerprint density at radius 1 is 1.04 bits per heavy atom. The van der Waals surface area contributed by atoms with Crippen molar-refractivity contribution in [3.05, 3.63) is 46.2 Å². The molecule has 0 saturated heterocycles. The van der Waals surface area contributed by atoms with Crippen LogP contribution < -0.4 is 15.0 Å². The molecule has 0 fully saturated rings. The number of hydrogen-bond acceptors (Lipinski definition) is 3. The van der Waals surface area contributed by atoms with E-state index in [1.54, 1.807) is 31.9 Å². The molecule has 1 N–H and O–H groups in total. The Labute approximate surface area is 138 Å². The fourth-order valence-electron chi connectivity index (χ4n) is 3.57. The molecule has 0 unspecified atom stereocenters. The van der Waals surface area contributed by atoms with Crippen LogP contribution in [-0.4, -0.2) is 23.8 Å². The maximum atomic E-state index is 12.3. The Kier molecular flexibility index (Phi) is 3.06. The maximum Gasteiger partial charge on any atom is 0.251 e. The van der Waals surface area contributed by atoms with Gasteiger partial charge in [0.05, 0.1) is 30.6 Å². The molecule has 24 heavy (non-hydrogen) atoms. The smallest absolute Gasteiger partial charge is 0.251 e. The molecule has 0 aliphatic heterocycles. The number of ether oxygens (including phenoxy) is 2. The Hall–Kier alpha value is -2.95. The van der Waals surface area contributed by atoms with Gasteiger partial charge in [-0.1, -0.05) is 18.2 Å². The number of aromatic nitrogens is 2. The summed E-state index contributed by atoms with van der Waals surface area (Å²) in [4.78, 5) is 15.8. The number of methoxy groups -OCH3 is 2.